The normalized spacial score (nSPS) is 17.2. The molecule has 168 valence electrons. The fourth-order valence-corrected chi connectivity index (χ4v) is 3.67. The third-order valence-electron chi connectivity index (χ3n) is 4.52. The van der Waals surface area contributed by atoms with Crippen LogP contribution in [-0.4, -0.2) is 54.1 Å². The van der Waals surface area contributed by atoms with Crippen LogP contribution < -0.4 is 15.8 Å². The van der Waals surface area contributed by atoms with Crippen molar-refractivity contribution in [1.82, 2.24) is 14.9 Å². The zero-order chi connectivity index (χ0) is 22.6. The number of nitrogens with two attached hydrogens (primary N) is 1. The average Bonchev–Trinajstić information content (AvgIpc) is 2.67. The van der Waals surface area contributed by atoms with Crippen LogP contribution in [0.1, 0.15) is 33.6 Å². The van der Waals surface area contributed by atoms with Crippen LogP contribution in [-0.2, 0) is 14.8 Å². The van der Waals surface area contributed by atoms with E-state index in [9.17, 15) is 13.2 Å². The molecule has 3 rings (SSSR count). The molecule has 0 unspecified atom stereocenters. The van der Waals surface area contributed by atoms with Gasteiger partial charge in [0.1, 0.15) is 11.4 Å². The average molecular weight is 449 g/mol. The molecule has 1 amide bonds. The second-order valence-electron chi connectivity index (χ2n) is 8.37. The predicted molar refractivity (Wildman–Crippen MR) is 118 cm³/mol. The van der Waals surface area contributed by atoms with E-state index in [4.69, 9.17) is 9.88 Å². The molecule has 1 aliphatic rings. The van der Waals surface area contributed by atoms with E-state index in [0.717, 1.165) is 12.8 Å². The highest BCUT2D eigenvalue weighted by atomic mass is 32.2. The van der Waals surface area contributed by atoms with Gasteiger partial charge in [0.15, 0.2) is 0 Å². The molecule has 10 nitrogen and oxygen atoms in total. The van der Waals surface area contributed by atoms with E-state index < -0.39 is 15.6 Å². The number of likely N-dealkylation sites (tertiary alicyclic amines) is 1. The van der Waals surface area contributed by atoms with Gasteiger partial charge in [0, 0.05) is 31.0 Å². The number of nitrogens with one attached hydrogen (secondary N) is 2. The largest absolute Gasteiger partial charge is 0.444 e. The minimum absolute atomic E-state index is 0.0289. The summed E-state index contributed by atoms with van der Waals surface area (Å²) in [6, 6.07) is 7.78. The minimum Gasteiger partial charge on any atom is -0.444 e. The number of carbonyl (C=O) groups is 1. The molecule has 31 heavy (non-hydrogen) atoms. The third kappa shape index (κ3) is 6.79. The number of aromatic nitrogens is 2. The van der Waals surface area contributed by atoms with Gasteiger partial charge in [-0.2, -0.15) is 4.98 Å². The quantitative estimate of drug-likeness (QED) is 0.634. The van der Waals surface area contributed by atoms with Crippen LogP contribution in [0, 0.1) is 0 Å². The maximum atomic E-state index is 12.3. The molecular weight excluding hydrogens is 420 g/mol. The molecule has 1 atom stereocenters. The molecule has 0 saturated carbocycles. The van der Waals surface area contributed by atoms with Crippen molar-refractivity contribution in [3.63, 3.8) is 0 Å². The molecule has 1 aromatic heterocycles. The molecule has 1 fully saturated rings. The lowest BCUT2D eigenvalue weighted by Crippen LogP contribution is -2.47. The van der Waals surface area contributed by atoms with Crippen molar-refractivity contribution in [3.05, 3.63) is 36.5 Å². The maximum Gasteiger partial charge on any atom is 0.410 e. The SMILES string of the molecule is CC(C)(C)OC(=O)N1CCC[C@H](Nc2ccnc(Nc3ccc(S(N)(=O)=O)cc3)n2)C1. The summed E-state index contributed by atoms with van der Waals surface area (Å²) < 4.78 is 28.2. The first-order chi connectivity index (χ1) is 14.5. The van der Waals surface area contributed by atoms with Crippen molar-refractivity contribution < 1.29 is 17.9 Å². The Kier molecular flexibility index (Phi) is 6.65. The van der Waals surface area contributed by atoms with E-state index in [1.807, 2.05) is 20.8 Å². The zero-order valence-corrected chi connectivity index (χ0v) is 18.6. The van der Waals surface area contributed by atoms with Gasteiger partial charge in [-0.05, 0) is 63.9 Å². The Balaban J connectivity index is 1.62. The van der Waals surface area contributed by atoms with Gasteiger partial charge in [-0.1, -0.05) is 0 Å². The van der Waals surface area contributed by atoms with Crippen molar-refractivity contribution in [1.29, 1.82) is 0 Å². The summed E-state index contributed by atoms with van der Waals surface area (Å²) in [5.74, 6) is 0.975. The van der Waals surface area contributed by atoms with E-state index in [1.54, 1.807) is 29.3 Å². The number of hydrogen-bond acceptors (Lipinski definition) is 8. The van der Waals surface area contributed by atoms with Gasteiger partial charge in [-0.3, -0.25) is 0 Å². The summed E-state index contributed by atoms with van der Waals surface area (Å²) in [6.45, 7) is 6.74. The van der Waals surface area contributed by atoms with E-state index >= 15 is 0 Å². The Labute approximate surface area is 182 Å². The van der Waals surface area contributed by atoms with Crippen LogP contribution in [0.5, 0.6) is 0 Å². The number of benzene rings is 1. The van der Waals surface area contributed by atoms with Gasteiger partial charge in [-0.25, -0.2) is 23.3 Å². The highest BCUT2D eigenvalue weighted by molar-refractivity contribution is 7.89. The first kappa shape index (κ1) is 22.8. The summed E-state index contributed by atoms with van der Waals surface area (Å²) in [4.78, 5) is 22.7. The number of sulfonamides is 1. The van der Waals surface area contributed by atoms with Crippen LogP contribution in [0.25, 0.3) is 0 Å². The maximum absolute atomic E-state index is 12.3. The molecule has 1 saturated heterocycles. The highest BCUT2D eigenvalue weighted by Crippen LogP contribution is 2.20. The molecule has 4 N–H and O–H groups in total. The van der Waals surface area contributed by atoms with Crippen LogP contribution in [0.2, 0.25) is 0 Å². The Morgan fingerprint density at radius 2 is 1.94 bits per heavy atom. The Hall–Kier alpha value is -2.92. The van der Waals surface area contributed by atoms with Gasteiger partial charge in [0.05, 0.1) is 4.90 Å². The number of primary sulfonamides is 1. The third-order valence-corrected chi connectivity index (χ3v) is 5.45. The number of rotatable bonds is 5. The van der Waals surface area contributed by atoms with Gasteiger partial charge < -0.3 is 20.3 Å². The van der Waals surface area contributed by atoms with Gasteiger partial charge in [0.2, 0.25) is 16.0 Å². The molecule has 0 spiro atoms. The van der Waals surface area contributed by atoms with Gasteiger partial charge in [0.25, 0.3) is 0 Å². The summed E-state index contributed by atoms with van der Waals surface area (Å²) in [7, 11) is -3.74. The number of ether oxygens (including phenoxy) is 1. The second kappa shape index (κ2) is 9.06. The smallest absolute Gasteiger partial charge is 0.410 e. The van der Waals surface area contributed by atoms with Crippen molar-refractivity contribution in [3.8, 4) is 0 Å². The molecule has 0 radical (unpaired) electrons. The highest BCUT2D eigenvalue weighted by Gasteiger charge is 2.27. The summed E-state index contributed by atoms with van der Waals surface area (Å²) in [5, 5.41) is 11.5. The van der Waals surface area contributed by atoms with Crippen LogP contribution in [0.4, 0.5) is 22.2 Å². The summed E-state index contributed by atoms with van der Waals surface area (Å²) in [6.07, 6.45) is 3.07. The van der Waals surface area contributed by atoms with Crippen LogP contribution in [0.15, 0.2) is 41.4 Å². The Morgan fingerprint density at radius 3 is 2.58 bits per heavy atom. The first-order valence-corrected chi connectivity index (χ1v) is 11.5. The molecule has 0 bridgehead atoms. The zero-order valence-electron chi connectivity index (χ0n) is 17.8. The second-order valence-corrected chi connectivity index (χ2v) is 9.93. The monoisotopic (exact) mass is 448 g/mol. The summed E-state index contributed by atoms with van der Waals surface area (Å²) in [5.41, 5.74) is 0.0929. The van der Waals surface area contributed by atoms with E-state index in [0.29, 0.717) is 30.5 Å². The van der Waals surface area contributed by atoms with Crippen molar-refractivity contribution >= 4 is 33.6 Å². The van der Waals surface area contributed by atoms with E-state index in [-0.39, 0.29) is 17.0 Å². The topological polar surface area (TPSA) is 140 Å². The lowest BCUT2D eigenvalue weighted by atomic mass is 10.1. The molecular formula is C20H28N6O4S. The number of carbonyl (C=O) groups excluding carboxylic acids is 1. The first-order valence-electron chi connectivity index (χ1n) is 9.97. The molecule has 1 aromatic carbocycles. The molecule has 2 aromatic rings. The fourth-order valence-electron chi connectivity index (χ4n) is 3.15. The van der Waals surface area contributed by atoms with Gasteiger partial charge >= 0.3 is 6.09 Å². The standard InChI is InChI=1S/C20H28N6O4S/c1-20(2,3)30-19(27)26-12-4-5-15(13-26)23-17-10-11-22-18(25-17)24-14-6-8-16(9-7-14)31(21,28)29/h6-11,15H,4-5,12-13H2,1-3H3,(H2,21,28,29)(H2,22,23,24,25)/t15-/m0/s1. The molecule has 1 aliphatic heterocycles. The van der Waals surface area contributed by atoms with E-state index in [1.165, 1.54) is 12.1 Å². The molecule has 11 heteroatoms. The minimum atomic E-state index is -3.74. The van der Waals surface area contributed by atoms with Crippen molar-refractivity contribution in [2.75, 3.05) is 23.7 Å². The van der Waals surface area contributed by atoms with Crippen LogP contribution in [0.3, 0.4) is 0 Å². The number of amides is 1. The number of hydrogen-bond donors (Lipinski definition) is 3. The van der Waals surface area contributed by atoms with E-state index in [2.05, 4.69) is 20.6 Å². The number of anilines is 3. The Morgan fingerprint density at radius 1 is 1.23 bits per heavy atom. The summed E-state index contributed by atoms with van der Waals surface area (Å²) >= 11 is 0. The fraction of sp³-hybridized carbons (Fsp3) is 0.450. The lowest BCUT2D eigenvalue weighted by Gasteiger charge is -2.34. The lowest BCUT2D eigenvalue weighted by molar-refractivity contribution is 0.0206. The Bertz CT molecular complexity index is 1020. The molecule has 2 heterocycles. The van der Waals surface area contributed by atoms with Crippen molar-refractivity contribution in [2.45, 2.75) is 50.2 Å². The molecule has 0 aliphatic carbocycles. The van der Waals surface area contributed by atoms with Crippen molar-refractivity contribution in [2.24, 2.45) is 5.14 Å². The number of piperidine rings is 1. The van der Waals surface area contributed by atoms with Gasteiger partial charge in [-0.15, -0.1) is 0 Å². The predicted octanol–water partition coefficient (Wildman–Crippen LogP) is 2.68. The van der Waals surface area contributed by atoms with Crippen LogP contribution >= 0.6 is 0 Å². The number of nitrogens with zero attached hydrogens (tertiary/aromatic N) is 3.